The number of fused-ring (bicyclic) bond motifs is 3. The third kappa shape index (κ3) is 8.09. The van der Waals surface area contributed by atoms with Crippen LogP contribution >= 0.6 is 0 Å². The normalized spacial score (nSPS) is 14.6. The van der Waals surface area contributed by atoms with Crippen molar-refractivity contribution in [2.75, 3.05) is 26.3 Å². The van der Waals surface area contributed by atoms with Crippen molar-refractivity contribution in [3.05, 3.63) is 94.5 Å². The average molecular weight is 501 g/mol. The lowest BCUT2D eigenvalue weighted by Crippen LogP contribution is -2.25. The fraction of sp³-hybridized carbons (Fsp3) is 0.406. The number of nitrogens with one attached hydrogen (secondary N) is 1. The van der Waals surface area contributed by atoms with Crippen molar-refractivity contribution in [2.45, 2.75) is 59.0 Å². The van der Waals surface area contributed by atoms with E-state index in [-0.39, 0.29) is 5.91 Å². The topological polar surface area (TPSA) is 50.8 Å². The van der Waals surface area contributed by atoms with Gasteiger partial charge in [0.05, 0.1) is 13.2 Å². The zero-order valence-electron chi connectivity index (χ0n) is 22.3. The van der Waals surface area contributed by atoms with Crippen LogP contribution in [0.2, 0.25) is 0 Å². The van der Waals surface area contributed by atoms with Gasteiger partial charge >= 0.3 is 0 Å². The number of carbonyl (C=O) groups excluding carboxylic acids is 1. The number of amides is 1. The molecular formula is C32H40N2O3. The first-order valence-corrected chi connectivity index (χ1v) is 13.7. The maximum atomic E-state index is 13.0. The standard InChI is InChI=1S/C32H40N2O3/c1-3-17-34-18-6-5-7-19-37-31-16-13-28(22-29(31)21-26-9-8-10-27(20-26)24-34)32(35)33-23-25-11-14-30(15-12-25)36-4-2/h8-16,20,22H,3-7,17-19,21,23-24H2,1-2H3,(H,33,35). The monoisotopic (exact) mass is 500 g/mol. The minimum absolute atomic E-state index is 0.0833. The van der Waals surface area contributed by atoms with E-state index >= 15 is 0 Å². The number of hydrogen-bond acceptors (Lipinski definition) is 4. The molecule has 0 fully saturated rings. The van der Waals surface area contributed by atoms with E-state index < -0.39 is 0 Å². The van der Waals surface area contributed by atoms with Crippen molar-refractivity contribution in [3.63, 3.8) is 0 Å². The Hall–Kier alpha value is -3.31. The summed E-state index contributed by atoms with van der Waals surface area (Å²) in [5, 5.41) is 3.05. The lowest BCUT2D eigenvalue weighted by molar-refractivity contribution is 0.0950. The van der Waals surface area contributed by atoms with Gasteiger partial charge in [-0.3, -0.25) is 9.69 Å². The van der Waals surface area contributed by atoms with Gasteiger partial charge in [-0.1, -0.05) is 43.3 Å². The van der Waals surface area contributed by atoms with Crippen LogP contribution in [0.1, 0.15) is 72.1 Å². The molecule has 0 aromatic heterocycles. The first kappa shape index (κ1) is 26.7. The van der Waals surface area contributed by atoms with Gasteiger partial charge < -0.3 is 14.8 Å². The first-order chi connectivity index (χ1) is 18.1. The van der Waals surface area contributed by atoms with Crippen LogP contribution in [-0.4, -0.2) is 37.1 Å². The maximum absolute atomic E-state index is 13.0. The third-order valence-corrected chi connectivity index (χ3v) is 6.72. The molecule has 0 unspecified atom stereocenters. The number of rotatable bonds is 7. The molecule has 5 nitrogen and oxygen atoms in total. The largest absolute Gasteiger partial charge is 0.494 e. The molecule has 3 aromatic carbocycles. The van der Waals surface area contributed by atoms with Crippen molar-refractivity contribution in [1.82, 2.24) is 10.2 Å². The van der Waals surface area contributed by atoms with E-state index in [1.54, 1.807) is 0 Å². The molecule has 2 bridgehead atoms. The maximum Gasteiger partial charge on any atom is 0.251 e. The highest BCUT2D eigenvalue weighted by atomic mass is 16.5. The Balaban J connectivity index is 1.50. The van der Waals surface area contributed by atoms with E-state index in [0.29, 0.717) is 25.3 Å². The lowest BCUT2D eigenvalue weighted by Gasteiger charge is -2.22. The van der Waals surface area contributed by atoms with E-state index in [9.17, 15) is 4.79 Å². The summed E-state index contributed by atoms with van der Waals surface area (Å²) < 4.78 is 11.7. The van der Waals surface area contributed by atoms with E-state index in [1.807, 2.05) is 49.4 Å². The smallest absolute Gasteiger partial charge is 0.251 e. The quantitative estimate of drug-likeness (QED) is 0.409. The summed E-state index contributed by atoms with van der Waals surface area (Å²) >= 11 is 0. The van der Waals surface area contributed by atoms with Crippen molar-refractivity contribution >= 4 is 5.91 Å². The van der Waals surface area contributed by atoms with Gasteiger partial charge in [0.2, 0.25) is 0 Å². The van der Waals surface area contributed by atoms with Gasteiger partial charge in [0, 0.05) is 25.1 Å². The second-order valence-electron chi connectivity index (χ2n) is 9.76. The molecule has 1 heterocycles. The van der Waals surface area contributed by atoms with Crippen LogP contribution in [0.15, 0.2) is 66.7 Å². The molecular weight excluding hydrogens is 460 g/mol. The van der Waals surface area contributed by atoms with Crippen LogP contribution in [0.25, 0.3) is 0 Å². The van der Waals surface area contributed by atoms with Gasteiger partial charge in [-0.05, 0) is 98.3 Å². The molecule has 0 radical (unpaired) electrons. The third-order valence-electron chi connectivity index (χ3n) is 6.72. The van der Waals surface area contributed by atoms with Gasteiger partial charge in [0.15, 0.2) is 0 Å². The molecule has 0 atom stereocenters. The van der Waals surface area contributed by atoms with E-state index in [1.165, 1.54) is 24.0 Å². The predicted octanol–water partition coefficient (Wildman–Crippen LogP) is 6.38. The van der Waals surface area contributed by atoms with Crippen LogP contribution in [0.3, 0.4) is 0 Å². The molecule has 1 amide bonds. The minimum Gasteiger partial charge on any atom is -0.494 e. The lowest BCUT2D eigenvalue weighted by atomic mass is 9.99. The summed E-state index contributed by atoms with van der Waals surface area (Å²) in [4.78, 5) is 15.6. The van der Waals surface area contributed by atoms with Gasteiger partial charge in [0.1, 0.15) is 11.5 Å². The number of benzene rings is 3. The second-order valence-corrected chi connectivity index (χ2v) is 9.76. The van der Waals surface area contributed by atoms with Crippen LogP contribution in [-0.2, 0) is 19.5 Å². The second kappa shape index (κ2) is 13.8. The first-order valence-electron chi connectivity index (χ1n) is 13.7. The van der Waals surface area contributed by atoms with Crippen molar-refractivity contribution in [2.24, 2.45) is 0 Å². The molecule has 0 saturated heterocycles. The van der Waals surface area contributed by atoms with Gasteiger partial charge in [-0.15, -0.1) is 0 Å². The Bertz CT molecular complexity index is 1140. The summed E-state index contributed by atoms with van der Waals surface area (Å²) in [5.74, 6) is 1.63. The van der Waals surface area contributed by atoms with E-state index in [4.69, 9.17) is 9.47 Å². The Morgan fingerprint density at radius 2 is 1.81 bits per heavy atom. The van der Waals surface area contributed by atoms with Crippen LogP contribution in [0, 0.1) is 0 Å². The van der Waals surface area contributed by atoms with Gasteiger partial charge in [-0.2, -0.15) is 0 Å². The molecule has 0 aliphatic carbocycles. The van der Waals surface area contributed by atoms with Crippen molar-refractivity contribution in [1.29, 1.82) is 0 Å². The Morgan fingerprint density at radius 3 is 2.62 bits per heavy atom. The van der Waals surface area contributed by atoms with Crippen LogP contribution < -0.4 is 14.8 Å². The van der Waals surface area contributed by atoms with E-state index in [0.717, 1.165) is 61.5 Å². The Morgan fingerprint density at radius 1 is 0.973 bits per heavy atom. The molecule has 37 heavy (non-hydrogen) atoms. The van der Waals surface area contributed by atoms with Gasteiger partial charge in [0.25, 0.3) is 5.91 Å². The average Bonchev–Trinajstić information content (AvgIpc) is 2.90. The molecule has 4 rings (SSSR count). The Kier molecular flexibility index (Phi) is 10.0. The minimum atomic E-state index is -0.0833. The number of hydrogen-bond donors (Lipinski definition) is 1. The number of ether oxygens (including phenoxy) is 2. The summed E-state index contributed by atoms with van der Waals surface area (Å²) in [5.41, 5.74) is 5.32. The summed E-state index contributed by atoms with van der Waals surface area (Å²) in [7, 11) is 0. The molecule has 1 N–H and O–H groups in total. The van der Waals surface area contributed by atoms with Crippen LogP contribution in [0.5, 0.6) is 11.5 Å². The summed E-state index contributed by atoms with van der Waals surface area (Å²) in [6.45, 7) is 9.26. The van der Waals surface area contributed by atoms with E-state index in [2.05, 4.69) is 41.4 Å². The van der Waals surface area contributed by atoms with Gasteiger partial charge in [-0.25, -0.2) is 0 Å². The molecule has 0 spiro atoms. The molecule has 0 saturated carbocycles. The molecule has 3 aromatic rings. The van der Waals surface area contributed by atoms with Crippen LogP contribution in [0.4, 0.5) is 0 Å². The zero-order chi connectivity index (χ0) is 25.9. The molecule has 5 heteroatoms. The molecule has 1 aliphatic rings. The summed E-state index contributed by atoms with van der Waals surface area (Å²) in [6.07, 6.45) is 5.27. The fourth-order valence-corrected chi connectivity index (χ4v) is 4.85. The summed E-state index contributed by atoms with van der Waals surface area (Å²) in [6, 6.07) is 22.5. The highest BCUT2D eigenvalue weighted by Crippen LogP contribution is 2.25. The highest BCUT2D eigenvalue weighted by Gasteiger charge is 2.13. The number of nitrogens with zero attached hydrogens (tertiary/aromatic N) is 1. The SMILES string of the molecule is CCCN1CCCCCOc2ccc(C(=O)NCc3ccc(OCC)cc3)cc2Cc2cccc(c2)C1. The Labute approximate surface area is 221 Å². The predicted molar refractivity (Wildman–Crippen MR) is 149 cm³/mol. The highest BCUT2D eigenvalue weighted by molar-refractivity contribution is 5.94. The molecule has 196 valence electrons. The fourth-order valence-electron chi connectivity index (χ4n) is 4.85. The molecule has 1 aliphatic heterocycles. The van der Waals surface area contributed by atoms with Crippen molar-refractivity contribution in [3.8, 4) is 11.5 Å². The number of carbonyl (C=O) groups is 1. The zero-order valence-corrected chi connectivity index (χ0v) is 22.3. The van der Waals surface area contributed by atoms with Crippen molar-refractivity contribution < 1.29 is 14.3 Å².